The van der Waals surface area contributed by atoms with Gasteiger partial charge in [0.25, 0.3) is 5.91 Å². The summed E-state index contributed by atoms with van der Waals surface area (Å²) in [5, 5.41) is 5.35. The first-order valence-corrected chi connectivity index (χ1v) is 8.96. The lowest BCUT2D eigenvalue weighted by atomic mass is 10.1. The fourth-order valence-corrected chi connectivity index (χ4v) is 3.86. The number of amides is 2. The number of nitrogens with one attached hydrogen (secondary N) is 1. The lowest BCUT2D eigenvalue weighted by Gasteiger charge is -2.34. The lowest BCUT2D eigenvalue weighted by Crippen LogP contribution is -2.50. The fraction of sp³-hybridized carbons (Fsp3) is 0.625. The van der Waals surface area contributed by atoms with Crippen molar-refractivity contribution in [3.8, 4) is 0 Å². The molecule has 0 bridgehead atoms. The molecule has 128 valence electrons. The summed E-state index contributed by atoms with van der Waals surface area (Å²) < 4.78 is 0. The van der Waals surface area contributed by atoms with E-state index in [1.165, 1.54) is 24.2 Å². The predicted octanol–water partition coefficient (Wildman–Crippen LogP) is 1.99. The summed E-state index contributed by atoms with van der Waals surface area (Å²) in [6.45, 7) is 3.69. The molecular weight excluding hydrogens is 334 g/mol. The van der Waals surface area contributed by atoms with Gasteiger partial charge >= 0.3 is 0 Å². The predicted molar refractivity (Wildman–Crippen MR) is 94.3 cm³/mol. The summed E-state index contributed by atoms with van der Waals surface area (Å²) in [5.41, 5.74) is 0. The summed E-state index contributed by atoms with van der Waals surface area (Å²) in [4.78, 5) is 29.1. The Kier molecular flexibility index (Phi) is 6.87. The van der Waals surface area contributed by atoms with Crippen LogP contribution in [0.25, 0.3) is 0 Å². The number of nitrogens with zero attached hydrogens (tertiary/aromatic N) is 2. The minimum absolute atomic E-state index is 0. The first kappa shape index (κ1) is 18.2. The monoisotopic (exact) mass is 357 g/mol. The molecule has 2 fully saturated rings. The molecule has 5 nitrogen and oxygen atoms in total. The minimum Gasteiger partial charge on any atom is -0.339 e. The third-order valence-electron chi connectivity index (χ3n) is 4.52. The molecule has 7 heteroatoms. The lowest BCUT2D eigenvalue weighted by molar-refractivity contribution is -0.132. The van der Waals surface area contributed by atoms with E-state index in [0.29, 0.717) is 38.6 Å². The minimum atomic E-state index is 0. The zero-order valence-corrected chi connectivity index (χ0v) is 14.8. The molecular formula is C16H24ClN3O2S. The number of hydrogen-bond acceptors (Lipinski definition) is 4. The number of thiophene rings is 1. The van der Waals surface area contributed by atoms with E-state index in [1.807, 2.05) is 27.3 Å². The third-order valence-corrected chi connectivity index (χ3v) is 5.38. The van der Waals surface area contributed by atoms with E-state index < -0.39 is 0 Å². The van der Waals surface area contributed by atoms with E-state index in [1.54, 1.807) is 0 Å². The van der Waals surface area contributed by atoms with E-state index in [0.717, 1.165) is 17.8 Å². The van der Waals surface area contributed by atoms with Crippen LogP contribution >= 0.6 is 23.7 Å². The molecule has 2 aliphatic heterocycles. The van der Waals surface area contributed by atoms with E-state index in [2.05, 4.69) is 5.32 Å². The smallest absolute Gasteiger partial charge is 0.264 e. The molecule has 2 amide bonds. The molecule has 2 saturated heterocycles. The standard InChI is InChI=1S/C16H23N3O2S.ClH/c20-15(6-5-13-3-1-7-17-13)18-8-10-19(11-9-18)16(21)14-4-2-12-22-14;/h2,4,12-13,17H,1,3,5-11H2;1H. The van der Waals surface area contributed by atoms with Gasteiger partial charge < -0.3 is 15.1 Å². The third kappa shape index (κ3) is 4.68. The molecule has 3 heterocycles. The number of carbonyl (C=O) groups is 2. The fourth-order valence-electron chi connectivity index (χ4n) is 3.17. The quantitative estimate of drug-likeness (QED) is 0.896. The number of carbonyl (C=O) groups excluding carboxylic acids is 2. The average Bonchev–Trinajstić information content (AvgIpc) is 3.25. The van der Waals surface area contributed by atoms with Crippen LogP contribution < -0.4 is 5.32 Å². The topological polar surface area (TPSA) is 52.7 Å². The molecule has 0 aliphatic carbocycles. The molecule has 0 saturated carbocycles. The maximum absolute atomic E-state index is 12.3. The molecule has 1 aromatic rings. The van der Waals surface area contributed by atoms with Crippen LogP contribution in [0.4, 0.5) is 0 Å². The van der Waals surface area contributed by atoms with Gasteiger partial charge in [-0.1, -0.05) is 6.07 Å². The Hall–Kier alpha value is -1.11. The Morgan fingerprint density at radius 3 is 2.57 bits per heavy atom. The highest BCUT2D eigenvalue weighted by Gasteiger charge is 2.25. The molecule has 1 N–H and O–H groups in total. The van der Waals surface area contributed by atoms with E-state index in [9.17, 15) is 9.59 Å². The van der Waals surface area contributed by atoms with E-state index in [4.69, 9.17) is 0 Å². The van der Waals surface area contributed by atoms with Crippen molar-refractivity contribution in [3.05, 3.63) is 22.4 Å². The summed E-state index contributed by atoms with van der Waals surface area (Å²) in [7, 11) is 0. The summed E-state index contributed by atoms with van der Waals surface area (Å²) in [5.74, 6) is 0.328. The molecule has 3 rings (SSSR count). The van der Waals surface area contributed by atoms with Crippen LogP contribution in [0.2, 0.25) is 0 Å². The first-order valence-electron chi connectivity index (χ1n) is 8.08. The van der Waals surface area contributed by atoms with Gasteiger partial charge in [-0.25, -0.2) is 0 Å². The van der Waals surface area contributed by atoms with Crippen LogP contribution in [0.5, 0.6) is 0 Å². The second kappa shape index (κ2) is 8.66. The Morgan fingerprint density at radius 2 is 1.96 bits per heavy atom. The second-order valence-corrected chi connectivity index (χ2v) is 6.93. The van der Waals surface area contributed by atoms with Gasteiger partial charge in [-0.3, -0.25) is 9.59 Å². The number of rotatable bonds is 4. The van der Waals surface area contributed by atoms with Crippen molar-refractivity contribution in [2.45, 2.75) is 31.7 Å². The second-order valence-electron chi connectivity index (χ2n) is 5.98. The maximum Gasteiger partial charge on any atom is 0.264 e. The van der Waals surface area contributed by atoms with Crippen molar-refractivity contribution in [2.75, 3.05) is 32.7 Å². The van der Waals surface area contributed by atoms with E-state index in [-0.39, 0.29) is 24.2 Å². The van der Waals surface area contributed by atoms with Crippen LogP contribution in [-0.4, -0.2) is 60.4 Å². The van der Waals surface area contributed by atoms with Gasteiger partial charge in [0.15, 0.2) is 0 Å². The van der Waals surface area contributed by atoms with Gasteiger partial charge in [0, 0.05) is 38.6 Å². The Morgan fingerprint density at radius 1 is 1.22 bits per heavy atom. The molecule has 0 aromatic carbocycles. The van der Waals surface area contributed by atoms with Crippen molar-refractivity contribution in [3.63, 3.8) is 0 Å². The number of halogens is 1. The summed E-state index contributed by atoms with van der Waals surface area (Å²) >= 11 is 1.48. The average molecular weight is 358 g/mol. The molecule has 1 unspecified atom stereocenters. The van der Waals surface area contributed by atoms with Crippen molar-refractivity contribution in [1.82, 2.24) is 15.1 Å². The molecule has 0 spiro atoms. The molecule has 23 heavy (non-hydrogen) atoms. The van der Waals surface area contributed by atoms with Gasteiger partial charge in [-0.15, -0.1) is 23.7 Å². The molecule has 0 radical (unpaired) electrons. The first-order chi connectivity index (χ1) is 10.7. The van der Waals surface area contributed by atoms with Crippen molar-refractivity contribution < 1.29 is 9.59 Å². The highest BCUT2D eigenvalue weighted by molar-refractivity contribution is 7.12. The largest absolute Gasteiger partial charge is 0.339 e. The summed E-state index contributed by atoms with van der Waals surface area (Å²) in [6, 6.07) is 4.28. The van der Waals surface area contributed by atoms with E-state index >= 15 is 0 Å². The summed E-state index contributed by atoms with van der Waals surface area (Å²) in [6.07, 6.45) is 3.97. The Labute approximate surface area is 147 Å². The Balaban J connectivity index is 0.00000192. The van der Waals surface area contributed by atoms with Gasteiger partial charge in [0.1, 0.15) is 0 Å². The van der Waals surface area contributed by atoms with Gasteiger partial charge in [-0.2, -0.15) is 0 Å². The van der Waals surface area contributed by atoms with Crippen LogP contribution in [-0.2, 0) is 4.79 Å². The molecule has 1 aromatic heterocycles. The van der Waals surface area contributed by atoms with Crippen LogP contribution in [0.3, 0.4) is 0 Å². The zero-order chi connectivity index (χ0) is 15.4. The van der Waals surface area contributed by atoms with Gasteiger partial charge in [-0.05, 0) is 37.3 Å². The van der Waals surface area contributed by atoms with Crippen molar-refractivity contribution in [1.29, 1.82) is 0 Å². The van der Waals surface area contributed by atoms with Crippen molar-refractivity contribution in [2.24, 2.45) is 0 Å². The van der Waals surface area contributed by atoms with Gasteiger partial charge in [0.05, 0.1) is 4.88 Å². The van der Waals surface area contributed by atoms with Crippen LogP contribution in [0.1, 0.15) is 35.4 Å². The zero-order valence-electron chi connectivity index (χ0n) is 13.2. The molecule has 2 aliphatic rings. The highest BCUT2D eigenvalue weighted by atomic mass is 35.5. The van der Waals surface area contributed by atoms with Gasteiger partial charge in [0.2, 0.25) is 5.91 Å². The highest BCUT2D eigenvalue weighted by Crippen LogP contribution is 2.15. The number of piperazine rings is 1. The number of hydrogen-bond donors (Lipinski definition) is 1. The van der Waals surface area contributed by atoms with Crippen LogP contribution in [0, 0.1) is 0 Å². The molecule has 1 atom stereocenters. The Bertz CT molecular complexity index is 509. The van der Waals surface area contributed by atoms with Crippen molar-refractivity contribution >= 4 is 35.6 Å². The maximum atomic E-state index is 12.3. The van der Waals surface area contributed by atoms with Crippen LogP contribution in [0.15, 0.2) is 17.5 Å². The normalized spacial score (nSPS) is 21.1. The SMILES string of the molecule is Cl.O=C(CCC1CCCN1)N1CCN(C(=O)c2cccs2)CC1.